The summed E-state index contributed by atoms with van der Waals surface area (Å²) in [6.45, 7) is 5.81. The number of nitrogens with zero attached hydrogens (tertiary/aromatic N) is 1. The van der Waals surface area contributed by atoms with E-state index >= 15 is 0 Å². The zero-order valence-corrected chi connectivity index (χ0v) is 9.79. The van der Waals surface area contributed by atoms with Crippen LogP contribution in [0.2, 0.25) is 0 Å². The number of para-hydroxylation sites is 1. The van der Waals surface area contributed by atoms with E-state index in [1.54, 1.807) is 5.56 Å². The van der Waals surface area contributed by atoms with Crippen LogP contribution in [0.3, 0.4) is 0 Å². The van der Waals surface area contributed by atoms with E-state index in [-0.39, 0.29) is 0 Å². The van der Waals surface area contributed by atoms with Gasteiger partial charge in [-0.3, -0.25) is 0 Å². The predicted molar refractivity (Wildman–Crippen MR) is 67.8 cm³/mol. The number of nitrogens with one attached hydrogen (secondary N) is 1. The third-order valence-corrected chi connectivity index (χ3v) is 3.71. The highest BCUT2D eigenvalue weighted by Gasteiger charge is 2.16. The molecule has 84 valence electrons. The van der Waals surface area contributed by atoms with Gasteiger partial charge < -0.3 is 9.88 Å². The molecule has 0 unspecified atom stereocenters. The minimum absolute atomic E-state index is 1.16. The first-order valence-electron chi connectivity index (χ1n) is 6.19. The van der Waals surface area contributed by atoms with E-state index in [4.69, 9.17) is 0 Å². The normalized spacial score (nSPS) is 17.3. The third kappa shape index (κ3) is 1.54. The highest BCUT2D eigenvalue weighted by atomic mass is 15.1. The molecule has 1 aromatic carbocycles. The minimum Gasteiger partial charge on any atom is -0.358 e. The van der Waals surface area contributed by atoms with E-state index < -0.39 is 0 Å². The van der Waals surface area contributed by atoms with Crippen molar-refractivity contribution in [2.24, 2.45) is 0 Å². The maximum absolute atomic E-state index is 3.57. The molecular formula is C14H18N2. The number of hydrogen-bond donors (Lipinski definition) is 1. The molecule has 0 fully saturated rings. The molecule has 0 spiro atoms. The van der Waals surface area contributed by atoms with Gasteiger partial charge >= 0.3 is 0 Å². The topological polar surface area (TPSA) is 19.0 Å². The fourth-order valence-corrected chi connectivity index (χ4v) is 2.72. The van der Waals surface area contributed by atoms with Gasteiger partial charge in [0.05, 0.1) is 0 Å². The van der Waals surface area contributed by atoms with Gasteiger partial charge in [0.15, 0.2) is 0 Å². The van der Waals surface area contributed by atoms with Crippen molar-refractivity contribution in [2.45, 2.75) is 19.8 Å². The van der Waals surface area contributed by atoms with Gasteiger partial charge in [0.1, 0.15) is 0 Å². The number of aromatic amines is 1. The Kier molecular flexibility index (Phi) is 2.44. The van der Waals surface area contributed by atoms with E-state index in [9.17, 15) is 0 Å². The summed E-state index contributed by atoms with van der Waals surface area (Å²) in [7, 11) is 0. The van der Waals surface area contributed by atoms with Crippen molar-refractivity contribution in [3.8, 4) is 0 Å². The summed E-state index contributed by atoms with van der Waals surface area (Å²) < 4.78 is 0. The number of fused-ring (bicyclic) bond motifs is 3. The summed E-state index contributed by atoms with van der Waals surface area (Å²) in [6, 6.07) is 8.67. The average molecular weight is 214 g/mol. The molecule has 0 amide bonds. The molecule has 0 saturated heterocycles. The molecule has 1 aliphatic heterocycles. The van der Waals surface area contributed by atoms with Gasteiger partial charge in [0.25, 0.3) is 0 Å². The lowest BCUT2D eigenvalue weighted by Crippen LogP contribution is -2.25. The van der Waals surface area contributed by atoms with Crippen LogP contribution in [0.15, 0.2) is 24.3 Å². The Bertz CT molecular complexity index is 498. The SMILES string of the molecule is CCN1CCc2[nH]c3ccccc3c2CC1. The van der Waals surface area contributed by atoms with Crippen molar-refractivity contribution in [1.82, 2.24) is 9.88 Å². The fourth-order valence-electron chi connectivity index (χ4n) is 2.72. The van der Waals surface area contributed by atoms with Crippen LogP contribution in [0.1, 0.15) is 18.2 Å². The van der Waals surface area contributed by atoms with Gasteiger partial charge in [-0.1, -0.05) is 25.1 Å². The summed E-state index contributed by atoms with van der Waals surface area (Å²) in [5, 5.41) is 1.43. The molecule has 2 aromatic rings. The molecule has 0 radical (unpaired) electrons. The van der Waals surface area contributed by atoms with Crippen LogP contribution >= 0.6 is 0 Å². The van der Waals surface area contributed by atoms with Crippen LogP contribution in [0.5, 0.6) is 0 Å². The third-order valence-electron chi connectivity index (χ3n) is 3.71. The first kappa shape index (κ1) is 9.91. The average Bonchev–Trinajstić information content (AvgIpc) is 2.55. The van der Waals surface area contributed by atoms with Crippen molar-refractivity contribution in [2.75, 3.05) is 19.6 Å². The smallest absolute Gasteiger partial charge is 0.0458 e. The lowest BCUT2D eigenvalue weighted by molar-refractivity contribution is 0.303. The van der Waals surface area contributed by atoms with Crippen molar-refractivity contribution < 1.29 is 0 Å². The van der Waals surface area contributed by atoms with Gasteiger partial charge in [-0.2, -0.15) is 0 Å². The standard InChI is InChI=1S/C14H18N2/c1-2-16-9-7-12-11-5-3-4-6-13(11)15-14(12)8-10-16/h3-6,15H,2,7-10H2,1H3. The molecule has 3 rings (SSSR count). The Labute approximate surface area is 96.3 Å². The van der Waals surface area contributed by atoms with Crippen molar-refractivity contribution >= 4 is 10.9 Å². The quantitative estimate of drug-likeness (QED) is 0.773. The lowest BCUT2D eigenvalue weighted by atomic mass is 10.1. The van der Waals surface area contributed by atoms with Crippen molar-refractivity contribution in [3.05, 3.63) is 35.5 Å². The van der Waals surface area contributed by atoms with Crippen LogP contribution in [-0.4, -0.2) is 29.5 Å². The largest absolute Gasteiger partial charge is 0.358 e. The molecule has 0 aliphatic carbocycles. The Morgan fingerprint density at radius 2 is 2.00 bits per heavy atom. The monoisotopic (exact) mass is 214 g/mol. The minimum atomic E-state index is 1.16. The van der Waals surface area contributed by atoms with Crippen molar-refractivity contribution in [3.63, 3.8) is 0 Å². The van der Waals surface area contributed by atoms with E-state index in [0.717, 1.165) is 6.42 Å². The summed E-state index contributed by atoms with van der Waals surface area (Å²) in [5.74, 6) is 0. The fraction of sp³-hybridized carbons (Fsp3) is 0.429. The molecule has 2 heteroatoms. The van der Waals surface area contributed by atoms with Gasteiger partial charge in [-0.25, -0.2) is 0 Å². The van der Waals surface area contributed by atoms with E-state index in [0.29, 0.717) is 0 Å². The van der Waals surface area contributed by atoms with Crippen LogP contribution in [0, 0.1) is 0 Å². The highest BCUT2D eigenvalue weighted by Crippen LogP contribution is 2.25. The molecule has 0 saturated carbocycles. The van der Waals surface area contributed by atoms with Crippen LogP contribution in [0.4, 0.5) is 0 Å². The first-order valence-corrected chi connectivity index (χ1v) is 6.19. The first-order chi connectivity index (χ1) is 7.88. The summed E-state index contributed by atoms with van der Waals surface area (Å²) in [5.41, 5.74) is 4.31. The maximum Gasteiger partial charge on any atom is 0.0458 e. The van der Waals surface area contributed by atoms with Crippen LogP contribution < -0.4 is 0 Å². The lowest BCUT2D eigenvalue weighted by Gasteiger charge is -2.16. The van der Waals surface area contributed by atoms with Gasteiger partial charge in [-0.05, 0) is 24.6 Å². The summed E-state index contributed by atoms with van der Waals surface area (Å²) >= 11 is 0. The number of aromatic nitrogens is 1. The van der Waals surface area contributed by atoms with Gasteiger partial charge in [-0.15, -0.1) is 0 Å². The van der Waals surface area contributed by atoms with Gasteiger partial charge in [0, 0.05) is 36.1 Å². The highest BCUT2D eigenvalue weighted by molar-refractivity contribution is 5.84. The van der Waals surface area contributed by atoms with Gasteiger partial charge in [0.2, 0.25) is 0 Å². The molecule has 0 bridgehead atoms. The van der Waals surface area contributed by atoms with E-state index in [2.05, 4.69) is 41.1 Å². The molecule has 1 aliphatic rings. The second-order valence-electron chi connectivity index (χ2n) is 4.56. The number of benzene rings is 1. The Morgan fingerprint density at radius 1 is 1.19 bits per heavy atom. The summed E-state index contributed by atoms with van der Waals surface area (Å²) in [6.07, 6.45) is 2.35. The Hall–Kier alpha value is -1.28. The molecule has 2 nitrogen and oxygen atoms in total. The maximum atomic E-state index is 3.57. The van der Waals surface area contributed by atoms with Crippen LogP contribution in [0.25, 0.3) is 10.9 Å². The Balaban J connectivity index is 2.04. The summed E-state index contributed by atoms with van der Waals surface area (Å²) in [4.78, 5) is 6.10. The number of rotatable bonds is 1. The molecule has 2 heterocycles. The predicted octanol–water partition coefficient (Wildman–Crippen LogP) is 2.59. The second-order valence-corrected chi connectivity index (χ2v) is 4.56. The molecule has 16 heavy (non-hydrogen) atoms. The second kappa shape index (κ2) is 3.95. The zero-order chi connectivity index (χ0) is 11.0. The number of likely N-dealkylation sites (N-methyl/N-ethyl adjacent to an activating group) is 1. The zero-order valence-electron chi connectivity index (χ0n) is 9.79. The number of hydrogen-bond acceptors (Lipinski definition) is 1. The van der Waals surface area contributed by atoms with E-state index in [1.807, 2.05) is 0 Å². The van der Waals surface area contributed by atoms with E-state index in [1.165, 1.54) is 42.7 Å². The molecule has 0 atom stereocenters. The Morgan fingerprint density at radius 3 is 2.88 bits per heavy atom. The molecular weight excluding hydrogens is 196 g/mol. The van der Waals surface area contributed by atoms with Crippen molar-refractivity contribution in [1.29, 1.82) is 0 Å². The number of H-pyrrole nitrogens is 1. The van der Waals surface area contributed by atoms with Crippen LogP contribution in [-0.2, 0) is 12.8 Å². The molecule has 1 aromatic heterocycles. The molecule has 1 N–H and O–H groups in total.